The molecule has 5 aliphatic carbocycles. The van der Waals surface area contributed by atoms with Crippen molar-refractivity contribution in [1.29, 1.82) is 0 Å². The number of benzene rings is 20. The van der Waals surface area contributed by atoms with Gasteiger partial charge in [-0.15, -0.1) is 0 Å². The van der Waals surface area contributed by atoms with E-state index in [0.29, 0.717) is 0 Å². The Balaban J connectivity index is 0.0000000847. The summed E-state index contributed by atoms with van der Waals surface area (Å²) >= 11 is 0. The number of hydrogen-bond acceptors (Lipinski definition) is 0. The van der Waals surface area contributed by atoms with Gasteiger partial charge in [-0.2, -0.15) is 0 Å². The largest absolute Gasteiger partial charge is 0.0725 e. The molecule has 0 aromatic heterocycles. The lowest BCUT2D eigenvalue weighted by molar-refractivity contribution is 0.794. The van der Waals surface area contributed by atoms with E-state index in [4.69, 9.17) is 0 Å². The molecule has 20 aromatic carbocycles. The Kier molecular flexibility index (Phi) is 14.8. The van der Waals surface area contributed by atoms with E-state index in [1.165, 1.54) is 197 Å². The summed E-state index contributed by atoms with van der Waals surface area (Å²) in [5.41, 5.74) is 28.2. The second kappa shape index (κ2) is 25.3. The molecule has 0 atom stereocenters. The van der Waals surface area contributed by atoms with Gasteiger partial charge >= 0.3 is 0 Å². The molecule has 0 aliphatic heterocycles. The fraction of sp³-hybridized carbons (Fsp3) is 0.0385. The lowest BCUT2D eigenvalue weighted by Crippen LogP contribution is -2.25. The summed E-state index contributed by atoms with van der Waals surface area (Å²) in [6, 6.07) is 140. The molecule has 0 N–H and O–H groups in total. The Morgan fingerprint density at radius 3 is 0.471 bits per heavy atom. The maximum absolute atomic E-state index is 2.31. The maximum atomic E-state index is 2.31. The summed E-state index contributed by atoms with van der Waals surface area (Å²) in [4.78, 5) is 0. The first-order chi connectivity index (χ1) is 51.6. The average Bonchev–Trinajstić information content (AvgIpc) is 1.52. The van der Waals surface area contributed by atoms with Crippen molar-refractivity contribution in [1.82, 2.24) is 0 Å². The van der Waals surface area contributed by atoms with Crippen molar-refractivity contribution in [2.24, 2.45) is 0 Å². The minimum Gasteiger partial charge on any atom is -0.0619 e. The quantitative estimate of drug-likeness (QED) is 0.105. The molecule has 5 aliphatic rings. The molecule has 25 rings (SSSR count). The summed E-state index contributed by atoms with van der Waals surface area (Å²) < 4.78 is 0. The van der Waals surface area contributed by atoms with E-state index < -0.39 is 0 Å². The lowest BCUT2D eigenvalue weighted by Gasteiger charge is -2.30. The average molecular weight is 1320 g/mol. The molecule has 0 saturated carbocycles. The summed E-state index contributed by atoms with van der Waals surface area (Å²) in [6.07, 6.45) is 3.31. The molecule has 1 spiro atoms. The maximum Gasteiger partial charge on any atom is 0.0725 e. The number of rotatable bonds is 0. The molecule has 0 unspecified atom stereocenters. The smallest absolute Gasteiger partial charge is 0.0619 e. The van der Waals surface area contributed by atoms with E-state index in [-0.39, 0.29) is 5.41 Å². The van der Waals surface area contributed by atoms with E-state index >= 15 is 0 Å². The first kappa shape index (κ1) is 60.9. The van der Waals surface area contributed by atoms with Crippen molar-refractivity contribution >= 4 is 86.2 Å². The van der Waals surface area contributed by atoms with Crippen LogP contribution in [0, 0.1) is 0 Å². The molecule has 0 heteroatoms. The van der Waals surface area contributed by atoms with E-state index in [9.17, 15) is 0 Å². The van der Waals surface area contributed by atoms with Crippen molar-refractivity contribution in [3.8, 4) is 55.6 Å². The second-order valence-corrected chi connectivity index (χ2v) is 28.2. The highest BCUT2D eigenvalue weighted by molar-refractivity contribution is 6.34. The van der Waals surface area contributed by atoms with Crippen LogP contribution in [0.3, 0.4) is 0 Å². The molecule has 20 aromatic rings. The second-order valence-electron chi connectivity index (χ2n) is 28.2. The molecule has 0 bridgehead atoms. The third-order valence-corrected chi connectivity index (χ3v) is 22.8. The van der Waals surface area contributed by atoms with Crippen LogP contribution in [-0.2, 0) is 24.7 Å². The Morgan fingerprint density at radius 1 is 0.135 bits per heavy atom. The van der Waals surface area contributed by atoms with Crippen LogP contribution in [0.25, 0.3) is 142 Å². The lowest BCUT2D eigenvalue weighted by atomic mass is 9.70. The van der Waals surface area contributed by atoms with E-state index in [1.807, 2.05) is 0 Å². The van der Waals surface area contributed by atoms with Crippen molar-refractivity contribution in [2.75, 3.05) is 0 Å². The predicted molar refractivity (Wildman–Crippen MR) is 442 cm³/mol. The van der Waals surface area contributed by atoms with Crippen molar-refractivity contribution < 1.29 is 0 Å². The van der Waals surface area contributed by atoms with Gasteiger partial charge in [-0.25, -0.2) is 0 Å². The minimum atomic E-state index is -0.180. The fourth-order valence-electron chi connectivity index (χ4n) is 18.4. The SMILES string of the molecule is c1cc2cccc3c4cccc5cccc(c(c1)c23)c54.c1cc2cccc3c4cccc5cccc(c(c1)c23)c54.c1ccc2c(c1)-c1ccccc1C21c2ccccc2-c2ccccc21.c1ccc2c(c1)Cc1ccccc1-2.c1ccc2c(c1)Cc1ccccc1-2.c1ccc2c(c1)Cc1ccccc1-2. The minimum absolute atomic E-state index is 0.180. The van der Waals surface area contributed by atoms with Crippen molar-refractivity contribution in [3.63, 3.8) is 0 Å². The summed E-state index contributed by atoms with van der Waals surface area (Å²) in [7, 11) is 0. The number of fused-ring (bicyclic) bond motifs is 23. The van der Waals surface area contributed by atoms with Gasteiger partial charge in [0.1, 0.15) is 0 Å². The van der Waals surface area contributed by atoms with Crippen LogP contribution < -0.4 is 0 Å². The summed E-state index contributed by atoms with van der Waals surface area (Å²) in [5, 5.41) is 21.8. The van der Waals surface area contributed by atoms with Gasteiger partial charge < -0.3 is 0 Å². The zero-order chi connectivity index (χ0) is 68.7. The van der Waals surface area contributed by atoms with Gasteiger partial charge in [-0.3, -0.25) is 0 Å². The van der Waals surface area contributed by atoms with Gasteiger partial charge in [0.25, 0.3) is 0 Å². The van der Waals surface area contributed by atoms with Crippen LogP contribution >= 0.6 is 0 Å². The third kappa shape index (κ3) is 9.81. The standard InChI is InChI=1S/C25H16.2C20H12.3C13H10/c1-5-13-21-17(9-1)18-10-2-6-14-22(18)25(21)23-15-7-3-11-19(23)20-12-4-8-16-24(20)25;2*1-5-13-6-2-11-17-18-12-4-8-14-7-3-10-16(20(14)18)15(9-1)19(13)17;3*1-3-7-12-10(5-1)9-11-6-2-4-8-13(11)12/h1-16H;2*1-12H;3*1-8H,9H2. The first-order valence-corrected chi connectivity index (χ1v) is 36.6. The monoisotopic (exact) mass is 1320 g/mol. The molecular weight excluding hydrogens is 1250 g/mol. The molecule has 0 nitrogen and oxygen atoms in total. The van der Waals surface area contributed by atoms with Crippen LogP contribution in [-0.4, -0.2) is 0 Å². The molecule has 0 amide bonds. The molecule has 0 fully saturated rings. The van der Waals surface area contributed by atoms with Crippen LogP contribution in [0.15, 0.2) is 388 Å². The van der Waals surface area contributed by atoms with Crippen molar-refractivity contribution in [2.45, 2.75) is 24.7 Å². The van der Waals surface area contributed by atoms with Crippen molar-refractivity contribution in [3.05, 3.63) is 444 Å². The highest BCUT2D eigenvalue weighted by atomic mass is 14.5. The first-order valence-electron chi connectivity index (χ1n) is 36.6. The zero-order valence-electron chi connectivity index (χ0n) is 57.6. The Labute approximate surface area is 606 Å². The highest BCUT2D eigenvalue weighted by Gasteiger charge is 2.51. The van der Waals surface area contributed by atoms with Gasteiger partial charge in [-0.1, -0.05) is 388 Å². The molecule has 0 saturated heterocycles. The van der Waals surface area contributed by atoms with Crippen LogP contribution in [0.1, 0.15) is 55.6 Å². The molecule has 486 valence electrons. The van der Waals surface area contributed by atoms with E-state index in [2.05, 4.69) is 388 Å². The molecule has 0 heterocycles. The van der Waals surface area contributed by atoms with Crippen LogP contribution in [0.4, 0.5) is 0 Å². The topological polar surface area (TPSA) is 0 Å². The number of hydrogen-bond donors (Lipinski definition) is 0. The van der Waals surface area contributed by atoms with Gasteiger partial charge in [0, 0.05) is 0 Å². The normalized spacial score (nSPS) is 12.8. The molecule has 0 radical (unpaired) electrons. The van der Waals surface area contributed by atoms with E-state index in [1.54, 1.807) is 0 Å². The van der Waals surface area contributed by atoms with Gasteiger partial charge in [0.05, 0.1) is 5.41 Å². The van der Waals surface area contributed by atoms with Crippen LogP contribution in [0.5, 0.6) is 0 Å². The Morgan fingerprint density at radius 2 is 0.288 bits per heavy atom. The molecule has 104 heavy (non-hydrogen) atoms. The Bertz CT molecular complexity index is 5670. The van der Waals surface area contributed by atoms with Gasteiger partial charge in [0.2, 0.25) is 0 Å². The fourth-order valence-corrected chi connectivity index (χ4v) is 18.4. The summed E-state index contributed by atoms with van der Waals surface area (Å²) in [6.45, 7) is 0. The van der Waals surface area contributed by atoms with E-state index in [0.717, 1.165) is 19.3 Å². The van der Waals surface area contributed by atoms with Gasteiger partial charge in [0.15, 0.2) is 0 Å². The zero-order valence-corrected chi connectivity index (χ0v) is 57.6. The van der Waals surface area contributed by atoms with Crippen LogP contribution in [0.2, 0.25) is 0 Å². The summed E-state index contributed by atoms with van der Waals surface area (Å²) in [5.74, 6) is 0. The highest BCUT2D eigenvalue weighted by Crippen LogP contribution is 2.62. The van der Waals surface area contributed by atoms with Gasteiger partial charge in [-0.05, 0) is 217 Å². The Hall–Kier alpha value is -13.0. The molecular formula is C104H70. The predicted octanol–water partition coefficient (Wildman–Crippen LogP) is 27.3. The third-order valence-electron chi connectivity index (χ3n) is 22.8.